The molecule has 2 heterocycles. The van der Waals surface area contributed by atoms with Crippen LogP contribution < -0.4 is 14.4 Å². The Hall–Kier alpha value is -2.91. The summed E-state index contributed by atoms with van der Waals surface area (Å²) >= 11 is 1.36. The van der Waals surface area contributed by atoms with E-state index in [1.54, 1.807) is 36.4 Å². The van der Waals surface area contributed by atoms with E-state index in [-0.39, 0.29) is 24.0 Å². The van der Waals surface area contributed by atoms with E-state index >= 15 is 0 Å². The lowest BCUT2D eigenvalue weighted by molar-refractivity contribution is -0.114. The Morgan fingerprint density at radius 2 is 1.97 bits per heavy atom. The van der Waals surface area contributed by atoms with Gasteiger partial charge in [-0.1, -0.05) is 35.6 Å². The molecule has 2 aromatic carbocycles. The Morgan fingerprint density at radius 1 is 1.21 bits per heavy atom. The highest BCUT2D eigenvalue weighted by molar-refractivity contribution is 7.92. The van der Waals surface area contributed by atoms with Crippen molar-refractivity contribution >= 4 is 38.1 Å². The maximum atomic E-state index is 13.1. The van der Waals surface area contributed by atoms with Crippen LogP contribution in [0.2, 0.25) is 0 Å². The minimum absolute atomic E-state index is 0.180. The number of anilines is 2. The molecule has 0 saturated heterocycles. The molecule has 0 spiro atoms. The average molecular weight is 430 g/mol. The summed E-state index contributed by atoms with van der Waals surface area (Å²) in [6.07, 6.45) is 0. The molecule has 0 bridgehead atoms. The molecule has 1 aromatic heterocycles. The highest BCUT2D eigenvalue weighted by atomic mass is 32.2. The largest absolute Gasteiger partial charge is 0.489 e. The third-order valence-corrected chi connectivity index (χ3v) is 7.40. The zero-order valence-electron chi connectivity index (χ0n) is 15.9. The quantitative estimate of drug-likeness (QED) is 0.684. The van der Waals surface area contributed by atoms with Gasteiger partial charge in [-0.05, 0) is 36.8 Å². The summed E-state index contributed by atoms with van der Waals surface area (Å²) in [6, 6.07) is 13.8. The summed E-state index contributed by atoms with van der Waals surface area (Å²) in [7, 11) is -3.67. The Kier molecular flexibility index (Phi) is 5.01. The lowest BCUT2D eigenvalue weighted by Crippen LogP contribution is -2.37. The zero-order chi connectivity index (χ0) is 20.6. The molecule has 7 nitrogen and oxygen atoms in total. The van der Waals surface area contributed by atoms with E-state index in [0.717, 1.165) is 16.1 Å². The van der Waals surface area contributed by atoms with E-state index in [1.165, 1.54) is 22.6 Å². The van der Waals surface area contributed by atoms with E-state index in [9.17, 15) is 13.2 Å². The summed E-state index contributed by atoms with van der Waals surface area (Å²) < 4.78 is 33.3. The molecule has 0 radical (unpaired) electrons. The van der Waals surface area contributed by atoms with Crippen molar-refractivity contribution < 1.29 is 17.9 Å². The summed E-state index contributed by atoms with van der Waals surface area (Å²) in [5.74, 6) is 0.322. The van der Waals surface area contributed by atoms with Gasteiger partial charge in [0.2, 0.25) is 5.91 Å². The summed E-state index contributed by atoms with van der Waals surface area (Å²) in [5.41, 5.74) is 2.14. The molecule has 0 unspecified atom stereocenters. The van der Waals surface area contributed by atoms with Crippen molar-refractivity contribution in [3.05, 3.63) is 54.2 Å². The number of amides is 1. The molecule has 0 saturated carbocycles. The number of carbonyl (C=O) groups excluding carboxylic acids is 1. The van der Waals surface area contributed by atoms with Gasteiger partial charge in [-0.15, -0.1) is 0 Å². The molecule has 1 N–H and O–H groups in total. The fraction of sp³-hybridized carbons (Fsp3) is 0.200. The van der Waals surface area contributed by atoms with E-state index in [2.05, 4.69) is 10.3 Å². The van der Waals surface area contributed by atoms with E-state index in [1.807, 2.05) is 19.1 Å². The number of aromatic nitrogens is 1. The highest BCUT2D eigenvalue weighted by Crippen LogP contribution is 2.41. The summed E-state index contributed by atoms with van der Waals surface area (Å²) in [4.78, 5) is 16.8. The first-order valence-corrected chi connectivity index (χ1v) is 11.2. The zero-order valence-corrected chi connectivity index (χ0v) is 17.5. The van der Waals surface area contributed by atoms with Gasteiger partial charge in [0, 0.05) is 6.92 Å². The van der Waals surface area contributed by atoms with Crippen LogP contribution in [0.25, 0.3) is 10.4 Å². The number of ether oxygens (including phenoxy) is 1. The Labute approximate surface area is 173 Å². The lowest BCUT2D eigenvalue weighted by atomic mass is 10.1. The van der Waals surface area contributed by atoms with Crippen LogP contribution in [0, 0.1) is 6.92 Å². The molecule has 9 heteroatoms. The average Bonchev–Trinajstić information content (AvgIpc) is 3.07. The minimum atomic E-state index is -3.67. The number of benzene rings is 2. The normalized spacial score (nSPS) is 13.5. The van der Waals surface area contributed by atoms with Crippen LogP contribution >= 0.6 is 11.3 Å². The Morgan fingerprint density at radius 3 is 2.69 bits per heavy atom. The molecule has 0 atom stereocenters. The van der Waals surface area contributed by atoms with Crippen molar-refractivity contribution in [2.75, 3.05) is 22.8 Å². The number of carbonyl (C=O) groups is 1. The second kappa shape index (κ2) is 7.49. The van der Waals surface area contributed by atoms with Crippen LogP contribution in [0.1, 0.15) is 12.6 Å². The van der Waals surface area contributed by atoms with Gasteiger partial charge in [0.25, 0.3) is 10.0 Å². The van der Waals surface area contributed by atoms with Crippen molar-refractivity contribution in [2.24, 2.45) is 0 Å². The number of sulfonamides is 1. The summed E-state index contributed by atoms with van der Waals surface area (Å²) in [6.45, 7) is 3.81. The number of nitrogens with one attached hydrogen (secondary N) is 1. The molecule has 29 heavy (non-hydrogen) atoms. The van der Waals surface area contributed by atoms with Gasteiger partial charge in [0.1, 0.15) is 12.4 Å². The molecular formula is C20H19N3O4S2. The van der Waals surface area contributed by atoms with Gasteiger partial charge in [-0.2, -0.15) is 0 Å². The van der Waals surface area contributed by atoms with Crippen molar-refractivity contribution in [1.29, 1.82) is 0 Å². The SMILES string of the molecule is CC(=O)Nc1nc(C)c(-c2ccc3c(c2)OCCN3S(=O)(=O)c2ccccc2)s1. The van der Waals surface area contributed by atoms with Crippen LogP contribution in [-0.4, -0.2) is 32.5 Å². The molecule has 1 amide bonds. The highest BCUT2D eigenvalue weighted by Gasteiger charge is 2.30. The fourth-order valence-electron chi connectivity index (χ4n) is 3.17. The second-order valence-corrected chi connectivity index (χ2v) is 9.40. The first kappa shape index (κ1) is 19.4. The predicted octanol–water partition coefficient (Wildman–Crippen LogP) is 3.66. The van der Waals surface area contributed by atoms with Crippen molar-refractivity contribution in [1.82, 2.24) is 4.98 Å². The third kappa shape index (κ3) is 3.70. The Balaban J connectivity index is 1.71. The molecule has 1 aliphatic rings. The van der Waals surface area contributed by atoms with Gasteiger partial charge in [-0.25, -0.2) is 13.4 Å². The van der Waals surface area contributed by atoms with Gasteiger partial charge >= 0.3 is 0 Å². The van der Waals surface area contributed by atoms with E-state index in [0.29, 0.717) is 16.6 Å². The first-order valence-electron chi connectivity index (χ1n) is 8.96. The van der Waals surface area contributed by atoms with Crippen LogP contribution in [0.4, 0.5) is 10.8 Å². The number of aryl methyl sites for hydroxylation is 1. The molecule has 4 rings (SSSR count). The second-order valence-electron chi connectivity index (χ2n) is 6.54. The van der Waals surface area contributed by atoms with Crippen molar-refractivity contribution in [3.63, 3.8) is 0 Å². The molecule has 150 valence electrons. The number of thiazole rings is 1. The van der Waals surface area contributed by atoms with E-state index < -0.39 is 10.0 Å². The van der Waals surface area contributed by atoms with Gasteiger partial charge < -0.3 is 10.1 Å². The van der Waals surface area contributed by atoms with Crippen molar-refractivity contribution in [3.8, 4) is 16.2 Å². The number of hydrogen-bond acceptors (Lipinski definition) is 6. The van der Waals surface area contributed by atoms with Crippen LogP contribution in [0.15, 0.2) is 53.4 Å². The molecule has 1 aliphatic heterocycles. The van der Waals surface area contributed by atoms with Gasteiger partial charge in [0.05, 0.1) is 27.7 Å². The maximum Gasteiger partial charge on any atom is 0.264 e. The number of fused-ring (bicyclic) bond motifs is 1. The van der Waals surface area contributed by atoms with Crippen LogP contribution in [-0.2, 0) is 14.8 Å². The molecule has 3 aromatic rings. The van der Waals surface area contributed by atoms with Gasteiger partial charge in [-0.3, -0.25) is 9.10 Å². The topological polar surface area (TPSA) is 88.6 Å². The van der Waals surface area contributed by atoms with Crippen LogP contribution in [0.3, 0.4) is 0 Å². The number of hydrogen-bond donors (Lipinski definition) is 1. The molecule has 0 aliphatic carbocycles. The summed E-state index contributed by atoms with van der Waals surface area (Å²) in [5, 5.41) is 3.22. The minimum Gasteiger partial charge on any atom is -0.489 e. The van der Waals surface area contributed by atoms with E-state index in [4.69, 9.17) is 4.74 Å². The standard InChI is InChI=1S/C20H19N3O4S2/c1-13-19(28-20(21-13)22-14(2)24)15-8-9-17-18(12-15)27-11-10-23(17)29(25,26)16-6-4-3-5-7-16/h3-9,12H,10-11H2,1-2H3,(H,21,22,24). The smallest absolute Gasteiger partial charge is 0.264 e. The number of rotatable bonds is 4. The maximum absolute atomic E-state index is 13.1. The monoisotopic (exact) mass is 429 g/mol. The van der Waals surface area contributed by atoms with Crippen molar-refractivity contribution in [2.45, 2.75) is 18.7 Å². The molecule has 0 fully saturated rings. The fourth-order valence-corrected chi connectivity index (χ4v) is 5.66. The molecular weight excluding hydrogens is 410 g/mol. The third-order valence-electron chi connectivity index (χ3n) is 4.45. The first-order chi connectivity index (χ1) is 13.9. The number of nitrogens with zero attached hydrogens (tertiary/aromatic N) is 2. The van der Waals surface area contributed by atoms with Crippen LogP contribution in [0.5, 0.6) is 5.75 Å². The Bertz CT molecular complexity index is 1170. The van der Waals surface area contributed by atoms with Gasteiger partial charge in [0.15, 0.2) is 5.13 Å². The lowest BCUT2D eigenvalue weighted by Gasteiger charge is -2.30. The predicted molar refractivity (Wildman–Crippen MR) is 113 cm³/mol.